The summed E-state index contributed by atoms with van der Waals surface area (Å²) in [5.41, 5.74) is 0.294. The van der Waals surface area contributed by atoms with Crippen LogP contribution in [0.15, 0.2) is 24.3 Å². The molecule has 1 N–H and O–H groups in total. The first kappa shape index (κ1) is 17.7. The first-order valence-electron chi connectivity index (χ1n) is 8.98. The Kier molecular flexibility index (Phi) is 5.27. The van der Waals surface area contributed by atoms with Gasteiger partial charge in [-0.2, -0.15) is 0 Å². The van der Waals surface area contributed by atoms with Crippen molar-refractivity contribution in [1.82, 2.24) is 9.80 Å². The summed E-state index contributed by atoms with van der Waals surface area (Å²) in [5, 5.41) is 9.59. The number of rotatable bonds is 4. The number of hydrogen-bond donors (Lipinski definition) is 1. The number of carboxylic acids is 1. The molecule has 1 aromatic rings. The highest BCUT2D eigenvalue weighted by Crippen LogP contribution is 2.33. The highest BCUT2D eigenvalue weighted by atomic mass is 16.5. The molecular weight excluding hydrogens is 320 g/mol. The fourth-order valence-electron chi connectivity index (χ4n) is 3.77. The summed E-state index contributed by atoms with van der Waals surface area (Å²) in [6, 6.07) is 7.89. The van der Waals surface area contributed by atoms with Crippen LogP contribution in [0.1, 0.15) is 31.7 Å². The monoisotopic (exact) mass is 346 g/mol. The molecule has 0 unspecified atom stereocenters. The van der Waals surface area contributed by atoms with Crippen LogP contribution in [0.2, 0.25) is 0 Å². The molecule has 2 aliphatic heterocycles. The Morgan fingerprint density at radius 1 is 1.28 bits per heavy atom. The number of carbonyl (C=O) groups excluding carboxylic acids is 1. The molecule has 6 nitrogen and oxygen atoms in total. The second kappa shape index (κ2) is 7.44. The average Bonchev–Trinajstić information content (AvgIpc) is 2.83. The van der Waals surface area contributed by atoms with Gasteiger partial charge in [-0.3, -0.25) is 14.5 Å². The van der Waals surface area contributed by atoms with Crippen molar-refractivity contribution in [3.05, 3.63) is 29.8 Å². The molecule has 0 aromatic heterocycles. The fourth-order valence-corrected chi connectivity index (χ4v) is 3.77. The molecule has 1 aromatic carbocycles. The lowest BCUT2D eigenvalue weighted by Gasteiger charge is -2.40. The van der Waals surface area contributed by atoms with Crippen molar-refractivity contribution in [3.8, 4) is 5.75 Å². The van der Waals surface area contributed by atoms with E-state index in [1.165, 1.54) is 0 Å². The Balaban J connectivity index is 1.65. The van der Waals surface area contributed by atoms with Gasteiger partial charge in [0.1, 0.15) is 12.4 Å². The number of nitrogens with zero attached hydrogens (tertiary/aromatic N) is 2. The van der Waals surface area contributed by atoms with Gasteiger partial charge in [-0.1, -0.05) is 25.1 Å². The molecule has 2 aliphatic rings. The number of para-hydroxylation sites is 1. The van der Waals surface area contributed by atoms with Crippen molar-refractivity contribution < 1.29 is 19.4 Å². The van der Waals surface area contributed by atoms with Crippen LogP contribution in [0.3, 0.4) is 0 Å². The van der Waals surface area contributed by atoms with E-state index in [1.807, 2.05) is 31.2 Å². The highest BCUT2D eigenvalue weighted by Gasteiger charge is 2.42. The maximum absolute atomic E-state index is 12.8. The molecule has 6 heteroatoms. The van der Waals surface area contributed by atoms with Crippen LogP contribution in [-0.2, 0) is 16.1 Å². The normalized spacial score (nSPS) is 24.1. The van der Waals surface area contributed by atoms with Gasteiger partial charge in [0.05, 0.1) is 12.0 Å². The molecule has 1 fully saturated rings. The van der Waals surface area contributed by atoms with E-state index in [-0.39, 0.29) is 5.91 Å². The summed E-state index contributed by atoms with van der Waals surface area (Å²) in [7, 11) is 0. The maximum Gasteiger partial charge on any atom is 0.311 e. The number of fused-ring (bicyclic) bond motifs is 1. The number of aliphatic carboxylic acids is 1. The lowest BCUT2D eigenvalue weighted by atomic mass is 9.77. The summed E-state index contributed by atoms with van der Waals surface area (Å²) < 4.78 is 5.74. The van der Waals surface area contributed by atoms with E-state index in [0.29, 0.717) is 52.2 Å². The zero-order chi connectivity index (χ0) is 17.9. The maximum atomic E-state index is 12.8. The minimum Gasteiger partial charge on any atom is -0.492 e. The van der Waals surface area contributed by atoms with E-state index in [4.69, 9.17) is 4.74 Å². The molecular formula is C19H26N2O4. The summed E-state index contributed by atoms with van der Waals surface area (Å²) in [5.74, 6) is 0.106. The number of hydrogen-bond acceptors (Lipinski definition) is 4. The van der Waals surface area contributed by atoms with E-state index >= 15 is 0 Å². The lowest BCUT2D eigenvalue weighted by Crippen LogP contribution is -2.52. The van der Waals surface area contributed by atoms with Crippen LogP contribution in [-0.4, -0.2) is 59.6 Å². The predicted molar refractivity (Wildman–Crippen MR) is 93.4 cm³/mol. The lowest BCUT2D eigenvalue weighted by molar-refractivity contribution is -0.155. The van der Waals surface area contributed by atoms with Gasteiger partial charge in [-0.25, -0.2) is 0 Å². The summed E-state index contributed by atoms with van der Waals surface area (Å²) in [4.78, 5) is 28.3. The Hall–Kier alpha value is -2.08. The molecule has 1 saturated heterocycles. The Morgan fingerprint density at radius 2 is 2.08 bits per heavy atom. The van der Waals surface area contributed by atoms with Crippen LogP contribution < -0.4 is 4.74 Å². The largest absolute Gasteiger partial charge is 0.492 e. The Labute approximate surface area is 148 Å². The van der Waals surface area contributed by atoms with Gasteiger partial charge in [-0.05, 0) is 25.3 Å². The fraction of sp³-hybridized carbons (Fsp3) is 0.579. The van der Waals surface area contributed by atoms with Crippen LogP contribution in [0.25, 0.3) is 0 Å². The average molecular weight is 346 g/mol. The third-order valence-corrected chi connectivity index (χ3v) is 5.45. The van der Waals surface area contributed by atoms with Crippen LogP contribution >= 0.6 is 0 Å². The van der Waals surface area contributed by atoms with Gasteiger partial charge >= 0.3 is 5.97 Å². The molecule has 0 saturated carbocycles. The quantitative estimate of drug-likeness (QED) is 0.903. The van der Waals surface area contributed by atoms with Gasteiger partial charge in [0.25, 0.3) is 0 Å². The number of likely N-dealkylation sites (tertiary alicyclic amines) is 1. The first-order chi connectivity index (χ1) is 12.0. The Morgan fingerprint density at radius 3 is 2.84 bits per heavy atom. The van der Waals surface area contributed by atoms with E-state index in [2.05, 4.69) is 4.90 Å². The van der Waals surface area contributed by atoms with Crippen LogP contribution in [0.4, 0.5) is 0 Å². The Bertz CT molecular complexity index is 648. The molecule has 0 spiro atoms. The van der Waals surface area contributed by atoms with Gasteiger partial charge in [0, 0.05) is 31.7 Å². The third kappa shape index (κ3) is 3.79. The molecule has 25 heavy (non-hydrogen) atoms. The van der Waals surface area contributed by atoms with Gasteiger partial charge < -0.3 is 14.7 Å². The number of ether oxygens (including phenoxy) is 1. The van der Waals surface area contributed by atoms with E-state index in [1.54, 1.807) is 4.90 Å². The SMILES string of the molecule is CC[C@]1(C(=O)O)CCCN(C(=O)CN2CCOc3ccccc3C2)C1. The molecule has 0 aliphatic carbocycles. The summed E-state index contributed by atoms with van der Waals surface area (Å²) in [6.45, 7) is 5.08. The van der Waals surface area contributed by atoms with Crippen molar-refractivity contribution >= 4 is 11.9 Å². The number of benzene rings is 1. The minimum atomic E-state index is -0.789. The molecule has 2 heterocycles. The zero-order valence-electron chi connectivity index (χ0n) is 14.7. The molecule has 3 rings (SSSR count). The van der Waals surface area contributed by atoms with Gasteiger partial charge in [0.2, 0.25) is 5.91 Å². The smallest absolute Gasteiger partial charge is 0.311 e. The molecule has 136 valence electrons. The van der Waals surface area contributed by atoms with Crippen LogP contribution in [0.5, 0.6) is 5.75 Å². The minimum absolute atomic E-state index is 0.0122. The van der Waals surface area contributed by atoms with E-state index < -0.39 is 11.4 Å². The number of carbonyl (C=O) groups is 2. The molecule has 1 amide bonds. The van der Waals surface area contributed by atoms with Crippen molar-refractivity contribution in [2.24, 2.45) is 5.41 Å². The van der Waals surface area contributed by atoms with Crippen LogP contribution in [0, 0.1) is 5.41 Å². The number of carboxylic acid groups (broad SMARTS) is 1. The second-order valence-electron chi connectivity index (χ2n) is 7.02. The molecule has 0 radical (unpaired) electrons. The summed E-state index contributed by atoms with van der Waals surface area (Å²) >= 11 is 0. The summed E-state index contributed by atoms with van der Waals surface area (Å²) in [6.07, 6.45) is 1.95. The van der Waals surface area contributed by atoms with Crippen molar-refractivity contribution in [3.63, 3.8) is 0 Å². The first-order valence-corrected chi connectivity index (χ1v) is 8.98. The number of amides is 1. The highest BCUT2D eigenvalue weighted by molar-refractivity contribution is 5.81. The molecule has 0 bridgehead atoms. The second-order valence-corrected chi connectivity index (χ2v) is 7.02. The number of piperidine rings is 1. The van der Waals surface area contributed by atoms with E-state index in [9.17, 15) is 14.7 Å². The molecule has 1 atom stereocenters. The van der Waals surface area contributed by atoms with Crippen molar-refractivity contribution in [1.29, 1.82) is 0 Å². The predicted octanol–water partition coefficient (Wildman–Crippen LogP) is 1.98. The zero-order valence-corrected chi connectivity index (χ0v) is 14.7. The van der Waals surface area contributed by atoms with Crippen molar-refractivity contribution in [2.45, 2.75) is 32.7 Å². The third-order valence-electron chi connectivity index (χ3n) is 5.45. The van der Waals surface area contributed by atoms with Gasteiger partial charge in [0.15, 0.2) is 0 Å². The standard InChI is InChI=1S/C19H26N2O4/c1-2-19(18(23)24)8-5-9-21(14-19)17(22)13-20-10-11-25-16-7-4-3-6-15(16)12-20/h3-4,6-7H,2,5,8-14H2,1H3,(H,23,24)/t19-/m0/s1. The topological polar surface area (TPSA) is 70.1 Å². The van der Waals surface area contributed by atoms with Gasteiger partial charge in [-0.15, -0.1) is 0 Å². The van der Waals surface area contributed by atoms with E-state index in [0.717, 1.165) is 17.7 Å². The van der Waals surface area contributed by atoms with Crippen molar-refractivity contribution in [2.75, 3.05) is 32.8 Å².